The highest BCUT2D eigenvalue weighted by Gasteiger charge is 2.29. The van der Waals surface area contributed by atoms with E-state index >= 15 is 0 Å². The molecule has 1 amide bonds. The van der Waals surface area contributed by atoms with Crippen LogP contribution in [0, 0.1) is 0 Å². The highest BCUT2D eigenvalue weighted by molar-refractivity contribution is 7.99. The van der Waals surface area contributed by atoms with Gasteiger partial charge in [0.1, 0.15) is 0 Å². The van der Waals surface area contributed by atoms with Crippen LogP contribution in [0.25, 0.3) is 0 Å². The average Bonchev–Trinajstić information content (AvgIpc) is 3.21. The van der Waals surface area contributed by atoms with Crippen LogP contribution in [0.5, 0.6) is 0 Å². The number of nitrogens with one attached hydrogen (secondary N) is 1. The fourth-order valence-electron chi connectivity index (χ4n) is 2.88. The van der Waals surface area contributed by atoms with Gasteiger partial charge in [0.2, 0.25) is 5.91 Å². The molecule has 0 bridgehead atoms. The zero-order valence-corrected chi connectivity index (χ0v) is 18.5. The second-order valence-corrected chi connectivity index (χ2v) is 9.57. The number of nitrogens with zero attached hydrogens (tertiary/aromatic N) is 3. The van der Waals surface area contributed by atoms with Crippen LogP contribution in [0.15, 0.2) is 21.4 Å². The van der Waals surface area contributed by atoms with Crippen LogP contribution in [0.2, 0.25) is 0 Å². The molecule has 29 heavy (non-hydrogen) atoms. The molecule has 8 nitrogen and oxygen atoms in total. The van der Waals surface area contributed by atoms with Gasteiger partial charge in [-0.1, -0.05) is 32.5 Å². The molecule has 1 N–H and O–H groups in total. The number of carbonyl (C=O) groups is 2. The van der Waals surface area contributed by atoms with Crippen LogP contribution in [0.1, 0.15) is 51.5 Å². The van der Waals surface area contributed by atoms with E-state index < -0.39 is 0 Å². The summed E-state index contributed by atoms with van der Waals surface area (Å²) in [4.78, 5) is 45.5. The SMILES string of the molecule is CCOC(=O)Cc1csc(NC(=O)CC2CSc3nc(C(C)(C)C)cc(=O)n32)n1. The maximum atomic E-state index is 12.6. The number of rotatable bonds is 6. The zero-order valence-electron chi connectivity index (χ0n) is 16.9. The fraction of sp³-hybridized carbons (Fsp3) is 0.526. The Labute approximate surface area is 177 Å². The van der Waals surface area contributed by atoms with Crippen LogP contribution in [0.4, 0.5) is 5.13 Å². The van der Waals surface area contributed by atoms with E-state index in [2.05, 4.69) is 15.3 Å². The lowest BCUT2D eigenvalue weighted by Crippen LogP contribution is -2.29. The van der Waals surface area contributed by atoms with E-state index in [-0.39, 0.29) is 41.7 Å². The smallest absolute Gasteiger partial charge is 0.311 e. The van der Waals surface area contributed by atoms with Gasteiger partial charge in [-0.15, -0.1) is 11.3 Å². The molecule has 0 aromatic carbocycles. The summed E-state index contributed by atoms with van der Waals surface area (Å²) in [5, 5.41) is 5.55. The lowest BCUT2D eigenvalue weighted by molar-refractivity contribution is -0.142. The molecule has 0 radical (unpaired) electrons. The molecule has 2 aromatic heterocycles. The summed E-state index contributed by atoms with van der Waals surface area (Å²) in [7, 11) is 0. The van der Waals surface area contributed by atoms with Gasteiger partial charge >= 0.3 is 5.97 Å². The number of ether oxygens (including phenoxy) is 1. The van der Waals surface area contributed by atoms with Crippen molar-refractivity contribution in [3.8, 4) is 0 Å². The highest BCUT2D eigenvalue weighted by atomic mass is 32.2. The van der Waals surface area contributed by atoms with Crippen molar-refractivity contribution in [2.75, 3.05) is 17.7 Å². The van der Waals surface area contributed by atoms with Gasteiger partial charge in [-0.05, 0) is 6.92 Å². The predicted molar refractivity (Wildman–Crippen MR) is 113 cm³/mol. The maximum Gasteiger partial charge on any atom is 0.311 e. The minimum absolute atomic E-state index is 0.0734. The van der Waals surface area contributed by atoms with Gasteiger partial charge in [0.15, 0.2) is 10.3 Å². The van der Waals surface area contributed by atoms with E-state index in [1.54, 1.807) is 22.9 Å². The average molecular weight is 437 g/mol. The normalized spacial score (nSPS) is 15.8. The molecule has 1 unspecified atom stereocenters. The van der Waals surface area contributed by atoms with Crippen molar-refractivity contribution >= 4 is 40.1 Å². The maximum absolute atomic E-state index is 12.6. The minimum Gasteiger partial charge on any atom is -0.466 e. The van der Waals surface area contributed by atoms with Crippen molar-refractivity contribution in [3.05, 3.63) is 33.2 Å². The van der Waals surface area contributed by atoms with Gasteiger partial charge in [-0.2, -0.15) is 0 Å². The third-order valence-electron chi connectivity index (χ3n) is 4.31. The molecule has 0 aliphatic carbocycles. The molecule has 1 aliphatic heterocycles. The third-order valence-corrected chi connectivity index (χ3v) is 6.21. The second kappa shape index (κ2) is 8.66. The number of amides is 1. The van der Waals surface area contributed by atoms with Crippen LogP contribution in [-0.4, -0.2) is 38.8 Å². The second-order valence-electron chi connectivity index (χ2n) is 7.73. The Morgan fingerprint density at radius 2 is 2.10 bits per heavy atom. The van der Waals surface area contributed by atoms with Crippen molar-refractivity contribution in [3.63, 3.8) is 0 Å². The summed E-state index contributed by atoms with van der Waals surface area (Å²) in [5.41, 5.74) is 0.967. The van der Waals surface area contributed by atoms with E-state index in [4.69, 9.17) is 4.74 Å². The van der Waals surface area contributed by atoms with Crippen LogP contribution in [-0.2, 0) is 26.2 Å². The quantitative estimate of drug-likeness (QED) is 0.548. The Morgan fingerprint density at radius 3 is 2.79 bits per heavy atom. The van der Waals surface area contributed by atoms with Gasteiger partial charge in [0.05, 0.1) is 30.5 Å². The number of hydrogen-bond donors (Lipinski definition) is 1. The fourth-order valence-corrected chi connectivity index (χ4v) is 4.75. The van der Waals surface area contributed by atoms with Crippen molar-refractivity contribution in [2.24, 2.45) is 0 Å². The number of thioether (sulfide) groups is 1. The largest absolute Gasteiger partial charge is 0.466 e. The summed E-state index contributed by atoms with van der Waals surface area (Å²) in [5.74, 6) is 0.0407. The molecule has 0 saturated carbocycles. The van der Waals surface area contributed by atoms with Crippen LogP contribution >= 0.6 is 23.1 Å². The summed E-state index contributed by atoms with van der Waals surface area (Å²) >= 11 is 2.74. The molecular formula is C19H24N4O4S2. The lowest BCUT2D eigenvalue weighted by atomic mass is 9.92. The summed E-state index contributed by atoms with van der Waals surface area (Å²) in [6.07, 6.45) is 0.229. The van der Waals surface area contributed by atoms with Gasteiger partial charge in [-0.3, -0.25) is 19.0 Å². The van der Waals surface area contributed by atoms with Gasteiger partial charge < -0.3 is 10.1 Å². The number of anilines is 1. The van der Waals surface area contributed by atoms with E-state index in [9.17, 15) is 14.4 Å². The first-order valence-electron chi connectivity index (χ1n) is 9.34. The van der Waals surface area contributed by atoms with E-state index in [0.717, 1.165) is 5.69 Å². The van der Waals surface area contributed by atoms with E-state index in [0.29, 0.717) is 28.3 Å². The molecule has 0 saturated heterocycles. The standard InChI is InChI=1S/C19H24N4O4S2/c1-5-27-16(26)6-11-9-28-17(20-11)22-14(24)7-12-10-29-18-21-13(19(2,3)4)8-15(25)23(12)18/h8-9,12H,5-7,10H2,1-4H3,(H,20,22,24). The van der Waals surface area contributed by atoms with Crippen molar-refractivity contribution in [2.45, 2.75) is 57.1 Å². The molecule has 1 aliphatic rings. The molecule has 0 fully saturated rings. The van der Waals surface area contributed by atoms with E-state index in [1.165, 1.54) is 23.1 Å². The number of aromatic nitrogens is 3. The summed E-state index contributed by atoms with van der Waals surface area (Å²) in [6.45, 7) is 8.11. The molecule has 10 heteroatoms. The topological polar surface area (TPSA) is 103 Å². The van der Waals surface area contributed by atoms with Gasteiger partial charge in [0, 0.05) is 29.0 Å². The lowest BCUT2D eigenvalue weighted by Gasteiger charge is -2.19. The number of fused-ring (bicyclic) bond motifs is 1. The number of thiazole rings is 1. The first-order valence-corrected chi connectivity index (χ1v) is 11.2. The number of hydrogen-bond acceptors (Lipinski definition) is 8. The van der Waals surface area contributed by atoms with Crippen LogP contribution in [0.3, 0.4) is 0 Å². The van der Waals surface area contributed by atoms with Crippen molar-refractivity contribution in [1.29, 1.82) is 0 Å². The minimum atomic E-state index is -0.350. The number of esters is 1. The van der Waals surface area contributed by atoms with E-state index in [1.807, 2.05) is 20.8 Å². The summed E-state index contributed by atoms with van der Waals surface area (Å²) in [6, 6.07) is 1.31. The Bertz CT molecular complexity index is 977. The Balaban J connectivity index is 1.64. The van der Waals surface area contributed by atoms with Crippen molar-refractivity contribution < 1.29 is 14.3 Å². The monoisotopic (exact) mass is 436 g/mol. The number of carbonyl (C=O) groups excluding carboxylic acids is 2. The Hall–Kier alpha value is -2.20. The van der Waals surface area contributed by atoms with Crippen LogP contribution < -0.4 is 10.9 Å². The molecule has 1 atom stereocenters. The molecule has 2 aromatic rings. The zero-order chi connectivity index (χ0) is 21.2. The molecule has 3 rings (SSSR count). The molecular weight excluding hydrogens is 412 g/mol. The summed E-state index contributed by atoms with van der Waals surface area (Å²) < 4.78 is 6.50. The Kier molecular flexibility index (Phi) is 6.42. The molecule has 156 valence electrons. The first kappa shape index (κ1) is 21.5. The van der Waals surface area contributed by atoms with Gasteiger partial charge in [-0.25, -0.2) is 9.97 Å². The predicted octanol–water partition coefficient (Wildman–Crippen LogP) is 2.78. The Morgan fingerprint density at radius 1 is 1.34 bits per heavy atom. The first-order chi connectivity index (χ1) is 13.7. The van der Waals surface area contributed by atoms with Gasteiger partial charge in [0.25, 0.3) is 5.56 Å². The third kappa shape index (κ3) is 5.24. The van der Waals surface area contributed by atoms with Crippen molar-refractivity contribution in [1.82, 2.24) is 14.5 Å². The molecule has 0 spiro atoms. The molecule has 3 heterocycles. The highest BCUT2D eigenvalue weighted by Crippen LogP contribution is 2.33.